The molecule has 0 N–H and O–H groups in total. The van der Waals surface area contributed by atoms with E-state index in [1.807, 2.05) is 54.6 Å². The zero-order valence-electron chi connectivity index (χ0n) is 15.9. The second-order valence-electron chi connectivity index (χ2n) is 6.08. The molecule has 0 radical (unpaired) electrons. The van der Waals surface area contributed by atoms with Gasteiger partial charge < -0.3 is 14.2 Å². The number of ketones is 1. The first-order chi connectivity index (χ1) is 13.7. The average molecular weight is 374 g/mol. The number of benzene rings is 3. The average Bonchev–Trinajstić information content (AvgIpc) is 2.76. The summed E-state index contributed by atoms with van der Waals surface area (Å²) in [4.78, 5) is 12.8. The summed E-state index contributed by atoms with van der Waals surface area (Å²) in [6, 6.07) is 22.5. The summed E-state index contributed by atoms with van der Waals surface area (Å²) in [5.41, 5.74) is 2.32. The molecule has 0 aliphatic carbocycles. The van der Waals surface area contributed by atoms with Crippen molar-refractivity contribution in [1.82, 2.24) is 0 Å². The molecule has 0 aliphatic rings. The van der Waals surface area contributed by atoms with Gasteiger partial charge in [-0.25, -0.2) is 0 Å². The Labute approximate surface area is 165 Å². The number of methoxy groups -OCH3 is 2. The van der Waals surface area contributed by atoms with Crippen LogP contribution in [0.4, 0.5) is 0 Å². The molecule has 3 rings (SSSR count). The maximum atomic E-state index is 12.8. The van der Waals surface area contributed by atoms with Crippen LogP contribution in [0.3, 0.4) is 0 Å². The third kappa shape index (κ3) is 4.80. The molecule has 0 fully saturated rings. The number of allylic oxidation sites excluding steroid dienone is 1. The lowest BCUT2D eigenvalue weighted by molar-refractivity contribution is 0.104. The molecule has 142 valence electrons. The van der Waals surface area contributed by atoms with Gasteiger partial charge in [-0.3, -0.25) is 4.79 Å². The van der Waals surface area contributed by atoms with Gasteiger partial charge in [0.15, 0.2) is 5.78 Å². The van der Waals surface area contributed by atoms with Gasteiger partial charge in [0.1, 0.15) is 23.9 Å². The topological polar surface area (TPSA) is 44.8 Å². The van der Waals surface area contributed by atoms with E-state index in [1.54, 1.807) is 38.5 Å². The van der Waals surface area contributed by atoms with Crippen molar-refractivity contribution in [2.24, 2.45) is 0 Å². The van der Waals surface area contributed by atoms with Gasteiger partial charge in [-0.15, -0.1) is 0 Å². The lowest BCUT2D eigenvalue weighted by Crippen LogP contribution is -2.02. The van der Waals surface area contributed by atoms with Gasteiger partial charge in [-0.05, 0) is 48.0 Å². The first-order valence-corrected chi connectivity index (χ1v) is 8.91. The summed E-state index contributed by atoms with van der Waals surface area (Å²) in [7, 11) is 3.19. The third-order valence-electron chi connectivity index (χ3n) is 4.24. The van der Waals surface area contributed by atoms with E-state index in [1.165, 1.54) is 6.08 Å². The van der Waals surface area contributed by atoms with Gasteiger partial charge >= 0.3 is 0 Å². The van der Waals surface area contributed by atoms with Crippen molar-refractivity contribution in [3.63, 3.8) is 0 Å². The zero-order valence-corrected chi connectivity index (χ0v) is 15.9. The molecule has 0 aromatic heterocycles. The van der Waals surface area contributed by atoms with E-state index in [4.69, 9.17) is 14.2 Å². The Hall–Kier alpha value is -3.53. The number of ether oxygens (including phenoxy) is 3. The Morgan fingerprint density at radius 3 is 2.36 bits per heavy atom. The Kier molecular flexibility index (Phi) is 6.47. The van der Waals surface area contributed by atoms with Crippen molar-refractivity contribution in [3.8, 4) is 17.2 Å². The second-order valence-corrected chi connectivity index (χ2v) is 6.08. The molecule has 4 heteroatoms. The zero-order chi connectivity index (χ0) is 19.8. The predicted molar refractivity (Wildman–Crippen MR) is 110 cm³/mol. The Balaban J connectivity index is 1.79. The Morgan fingerprint density at radius 1 is 0.857 bits per heavy atom. The van der Waals surface area contributed by atoms with E-state index in [-0.39, 0.29) is 5.78 Å². The standard InChI is InChI=1S/C24H22O4/c1-26-20-13-15-23(27-2)19(16-20)12-14-22(25)21-10-6-7-11-24(21)28-17-18-8-4-3-5-9-18/h3-16H,17H2,1-2H3. The highest BCUT2D eigenvalue weighted by molar-refractivity contribution is 6.08. The normalized spacial score (nSPS) is 10.6. The van der Waals surface area contributed by atoms with Gasteiger partial charge in [0.05, 0.1) is 19.8 Å². The molecular weight excluding hydrogens is 352 g/mol. The van der Waals surface area contributed by atoms with Crippen molar-refractivity contribution >= 4 is 11.9 Å². The van der Waals surface area contributed by atoms with E-state index in [0.29, 0.717) is 29.4 Å². The van der Waals surface area contributed by atoms with Gasteiger partial charge in [-0.2, -0.15) is 0 Å². The third-order valence-corrected chi connectivity index (χ3v) is 4.24. The van der Waals surface area contributed by atoms with Crippen LogP contribution < -0.4 is 14.2 Å². The lowest BCUT2D eigenvalue weighted by Gasteiger charge is -2.10. The lowest BCUT2D eigenvalue weighted by atomic mass is 10.1. The molecule has 0 unspecified atom stereocenters. The maximum Gasteiger partial charge on any atom is 0.189 e. The van der Waals surface area contributed by atoms with Crippen LogP contribution in [-0.2, 0) is 6.61 Å². The first-order valence-electron chi connectivity index (χ1n) is 8.91. The molecule has 0 bridgehead atoms. The van der Waals surface area contributed by atoms with Crippen LogP contribution >= 0.6 is 0 Å². The number of para-hydroxylation sites is 1. The van der Waals surface area contributed by atoms with Crippen LogP contribution in [0.2, 0.25) is 0 Å². The first kappa shape index (κ1) is 19.2. The predicted octanol–water partition coefficient (Wildman–Crippen LogP) is 5.18. The minimum absolute atomic E-state index is 0.145. The second kappa shape index (κ2) is 9.42. The number of rotatable bonds is 8. The summed E-state index contributed by atoms with van der Waals surface area (Å²) in [6.45, 7) is 0.401. The Bertz CT molecular complexity index is 961. The van der Waals surface area contributed by atoms with Crippen molar-refractivity contribution in [2.75, 3.05) is 14.2 Å². The van der Waals surface area contributed by atoms with Crippen LogP contribution in [0, 0.1) is 0 Å². The van der Waals surface area contributed by atoms with E-state index >= 15 is 0 Å². The molecule has 0 saturated carbocycles. The molecule has 0 heterocycles. The molecular formula is C24H22O4. The van der Waals surface area contributed by atoms with Crippen molar-refractivity contribution < 1.29 is 19.0 Å². The van der Waals surface area contributed by atoms with Crippen LogP contribution in [-0.4, -0.2) is 20.0 Å². The largest absolute Gasteiger partial charge is 0.497 e. The van der Waals surface area contributed by atoms with E-state index < -0.39 is 0 Å². The molecule has 0 saturated heterocycles. The van der Waals surface area contributed by atoms with Crippen molar-refractivity contribution in [3.05, 3.63) is 95.6 Å². The van der Waals surface area contributed by atoms with Gasteiger partial charge in [0.25, 0.3) is 0 Å². The number of hydrogen-bond donors (Lipinski definition) is 0. The van der Waals surface area contributed by atoms with Gasteiger partial charge in [0, 0.05) is 5.56 Å². The van der Waals surface area contributed by atoms with Crippen LogP contribution in [0.15, 0.2) is 78.9 Å². The van der Waals surface area contributed by atoms with Gasteiger partial charge in [-0.1, -0.05) is 42.5 Å². The molecule has 4 nitrogen and oxygen atoms in total. The highest BCUT2D eigenvalue weighted by Crippen LogP contribution is 2.26. The summed E-state index contributed by atoms with van der Waals surface area (Å²) < 4.78 is 16.5. The summed E-state index contributed by atoms with van der Waals surface area (Å²) >= 11 is 0. The fourth-order valence-corrected chi connectivity index (χ4v) is 2.76. The molecule has 28 heavy (non-hydrogen) atoms. The SMILES string of the molecule is COc1ccc(OC)c(C=CC(=O)c2ccccc2OCc2ccccc2)c1. The molecule has 0 atom stereocenters. The number of carbonyl (C=O) groups excluding carboxylic acids is 1. The fourth-order valence-electron chi connectivity index (χ4n) is 2.76. The highest BCUT2D eigenvalue weighted by Gasteiger charge is 2.10. The smallest absolute Gasteiger partial charge is 0.189 e. The summed E-state index contributed by atoms with van der Waals surface area (Å²) in [5.74, 6) is 1.77. The molecule has 0 amide bonds. The minimum Gasteiger partial charge on any atom is -0.497 e. The molecule has 0 aliphatic heterocycles. The molecule has 0 spiro atoms. The van der Waals surface area contributed by atoms with Crippen molar-refractivity contribution in [1.29, 1.82) is 0 Å². The summed E-state index contributed by atoms with van der Waals surface area (Å²) in [5, 5.41) is 0. The maximum absolute atomic E-state index is 12.8. The quantitative estimate of drug-likeness (QED) is 0.403. The Morgan fingerprint density at radius 2 is 1.61 bits per heavy atom. The monoisotopic (exact) mass is 374 g/mol. The van der Waals surface area contributed by atoms with Crippen LogP contribution in [0.5, 0.6) is 17.2 Å². The fraction of sp³-hybridized carbons (Fsp3) is 0.125. The number of hydrogen-bond acceptors (Lipinski definition) is 4. The van der Waals surface area contributed by atoms with E-state index in [2.05, 4.69) is 0 Å². The highest BCUT2D eigenvalue weighted by atomic mass is 16.5. The minimum atomic E-state index is -0.145. The molecule has 3 aromatic carbocycles. The van der Waals surface area contributed by atoms with Crippen LogP contribution in [0.25, 0.3) is 6.08 Å². The van der Waals surface area contributed by atoms with Gasteiger partial charge in [0.2, 0.25) is 0 Å². The van der Waals surface area contributed by atoms with E-state index in [9.17, 15) is 4.79 Å². The van der Waals surface area contributed by atoms with Crippen LogP contribution in [0.1, 0.15) is 21.5 Å². The number of carbonyl (C=O) groups is 1. The molecule has 3 aromatic rings. The summed E-state index contributed by atoms with van der Waals surface area (Å²) in [6.07, 6.45) is 3.24. The van der Waals surface area contributed by atoms with Crippen molar-refractivity contribution in [2.45, 2.75) is 6.61 Å². The van der Waals surface area contributed by atoms with E-state index in [0.717, 1.165) is 11.1 Å².